The summed E-state index contributed by atoms with van der Waals surface area (Å²) in [5.74, 6) is 0.682. The Kier molecular flexibility index (Phi) is 7.06. The molecule has 4 heterocycles. The maximum atomic E-state index is 9.69. The Bertz CT molecular complexity index is 1280. The molecule has 2 aliphatic heterocycles. The van der Waals surface area contributed by atoms with Gasteiger partial charge in [-0.3, -0.25) is 20.4 Å². The summed E-state index contributed by atoms with van der Waals surface area (Å²) >= 11 is 12.6. The van der Waals surface area contributed by atoms with Crippen molar-refractivity contribution in [2.24, 2.45) is 5.10 Å². The summed E-state index contributed by atoms with van der Waals surface area (Å²) < 4.78 is 6.14. The molecule has 182 valence electrons. The molecule has 0 bridgehead atoms. The van der Waals surface area contributed by atoms with Gasteiger partial charge in [0.1, 0.15) is 11.9 Å². The fraction of sp³-hybridized carbons (Fsp3) is 0.320. The van der Waals surface area contributed by atoms with E-state index in [2.05, 4.69) is 36.7 Å². The summed E-state index contributed by atoms with van der Waals surface area (Å²) in [5, 5.41) is 23.5. The molecule has 3 N–H and O–H groups in total. The van der Waals surface area contributed by atoms with Crippen LogP contribution in [0.3, 0.4) is 0 Å². The highest BCUT2D eigenvalue weighted by molar-refractivity contribution is 6.35. The van der Waals surface area contributed by atoms with E-state index in [4.69, 9.17) is 27.9 Å². The number of H-pyrrole nitrogens is 1. The molecule has 1 fully saturated rings. The van der Waals surface area contributed by atoms with Crippen molar-refractivity contribution in [1.82, 2.24) is 25.5 Å². The van der Waals surface area contributed by atoms with Crippen molar-refractivity contribution in [3.63, 3.8) is 0 Å². The van der Waals surface area contributed by atoms with Crippen molar-refractivity contribution < 1.29 is 9.84 Å². The van der Waals surface area contributed by atoms with Crippen LogP contribution in [0.25, 0.3) is 17.0 Å². The van der Waals surface area contributed by atoms with E-state index in [-0.39, 0.29) is 18.2 Å². The van der Waals surface area contributed by atoms with E-state index in [1.165, 1.54) is 0 Å². The number of pyridine rings is 1. The molecule has 0 spiro atoms. The Labute approximate surface area is 213 Å². The number of rotatable bonds is 7. The lowest BCUT2D eigenvalue weighted by atomic mass is 10.1. The summed E-state index contributed by atoms with van der Waals surface area (Å²) in [5.41, 5.74) is 6.53. The molecule has 2 aliphatic rings. The fourth-order valence-electron chi connectivity index (χ4n) is 4.31. The van der Waals surface area contributed by atoms with Crippen LogP contribution in [0.4, 0.5) is 0 Å². The second kappa shape index (κ2) is 10.4. The molecule has 35 heavy (non-hydrogen) atoms. The Morgan fingerprint density at radius 3 is 2.83 bits per heavy atom. The number of aromatic amines is 1. The maximum Gasteiger partial charge on any atom is 0.124 e. The molecule has 3 unspecified atom stereocenters. The van der Waals surface area contributed by atoms with Gasteiger partial charge in [0.25, 0.3) is 0 Å². The largest absolute Gasteiger partial charge is 0.486 e. The lowest BCUT2D eigenvalue weighted by molar-refractivity contribution is 0.180. The molecule has 10 heteroatoms. The van der Waals surface area contributed by atoms with Crippen molar-refractivity contribution >= 4 is 45.9 Å². The highest BCUT2D eigenvalue weighted by Crippen LogP contribution is 2.33. The molecule has 1 saturated heterocycles. The van der Waals surface area contributed by atoms with E-state index >= 15 is 0 Å². The number of aromatic nitrogens is 3. The van der Waals surface area contributed by atoms with Crippen molar-refractivity contribution in [2.75, 3.05) is 19.6 Å². The lowest BCUT2D eigenvalue weighted by Gasteiger charge is -2.19. The van der Waals surface area contributed by atoms with Crippen LogP contribution >= 0.6 is 23.2 Å². The van der Waals surface area contributed by atoms with Gasteiger partial charge in [-0.2, -0.15) is 10.2 Å². The number of benzene rings is 1. The molecule has 2 aromatic heterocycles. The van der Waals surface area contributed by atoms with Crippen LogP contribution in [0.15, 0.2) is 53.9 Å². The summed E-state index contributed by atoms with van der Waals surface area (Å²) in [7, 11) is 0. The average Bonchev–Trinajstić information content (AvgIpc) is 3.44. The van der Waals surface area contributed by atoms with Crippen LogP contribution in [-0.2, 0) is 0 Å². The van der Waals surface area contributed by atoms with Crippen molar-refractivity contribution in [1.29, 1.82) is 0 Å². The molecule has 5 rings (SSSR count). The number of aliphatic hydroxyl groups is 1. The molecule has 0 amide bonds. The quantitative estimate of drug-likeness (QED) is 0.434. The van der Waals surface area contributed by atoms with Crippen LogP contribution in [0.1, 0.15) is 30.7 Å². The molecular formula is C25H26Cl2N6O2. The number of likely N-dealkylation sites (tertiary alicyclic amines) is 1. The van der Waals surface area contributed by atoms with Crippen LogP contribution in [0.5, 0.6) is 5.75 Å². The summed E-state index contributed by atoms with van der Waals surface area (Å²) in [6, 6.07) is 5.70. The van der Waals surface area contributed by atoms with Gasteiger partial charge < -0.3 is 9.84 Å². The van der Waals surface area contributed by atoms with E-state index in [1.807, 2.05) is 43.4 Å². The summed E-state index contributed by atoms with van der Waals surface area (Å²) in [6.45, 7) is 4.24. The first kappa shape index (κ1) is 23.8. The molecule has 3 atom stereocenters. The van der Waals surface area contributed by atoms with E-state index < -0.39 is 0 Å². The zero-order valence-corrected chi connectivity index (χ0v) is 20.7. The topological polar surface area (TPSA) is 98.7 Å². The molecular weight excluding hydrogens is 487 g/mol. The Morgan fingerprint density at radius 1 is 1.29 bits per heavy atom. The average molecular weight is 513 g/mol. The molecule has 0 saturated carbocycles. The zero-order chi connectivity index (χ0) is 24.4. The molecule has 0 radical (unpaired) electrons. The van der Waals surface area contributed by atoms with E-state index in [0.717, 1.165) is 41.8 Å². The second-order valence-electron chi connectivity index (χ2n) is 8.75. The standard InChI is InChI=1S/C25H26Cl2N6O2/c1-15(25-21(26)11-28-12-22(25)27)35-19-5-7-24-20(10-19)23(31-32-24)6-4-16-2-3-17(30-29-16)13-33-9-8-18(34)14-33/h2-7,10-12,15-16,18,29,34H,8-9,13-14H2,1H3,(H,31,32)/b6-4+. The van der Waals surface area contributed by atoms with Gasteiger partial charge in [0.15, 0.2) is 0 Å². The van der Waals surface area contributed by atoms with E-state index in [9.17, 15) is 5.11 Å². The van der Waals surface area contributed by atoms with Gasteiger partial charge in [-0.15, -0.1) is 0 Å². The van der Waals surface area contributed by atoms with E-state index in [1.54, 1.807) is 12.4 Å². The molecule has 3 aromatic rings. The fourth-order valence-corrected chi connectivity index (χ4v) is 4.99. The Morgan fingerprint density at radius 2 is 2.11 bits per heavy atom. The van der Waals surface area contributed by atoms with Gasteiger partial charge in [0, 0.05) is 43.0 Å². The number of β-amino-alcohol motifs (C(OH)–C–C–N with tert-alkyl or cyclic N) is 1. The first-order valence-electron chi connectivity index (χ1n) is 11.5. The Hall–Kier alpha value is -2.91. The van der Waals surface area contributed by atoms with Crippen molar-refractivity contribution in [3.05, 3.63) is 70.1 Å². The molecule has 0 aliphatic carbocycles. The third-order valence-corrected chi connectivity index (χ3v) is 6.72. The van der Waals surface area contributed by atoms with Gasteiger partial charge in [-0.25, -0.2) is 0 Å². The number of halogens is 2. The summed E-state index contributed by atoms with van der Waals surface area (Å²) in [4.78, 5) is 6.21. The number of hydrogen-bond acceptors (Lipinski definition) is 7. The normalized spacial score (nSPS) is 21.4. The first-order valence-corrected chi connectivity index (χ1v) is 12.2. The highest BCUT2D eigenvalue weighted by Gasteiger charge is 2.21. The minimum absolute atomic E-state index is 0.0308. The number of hydrogen-bond donors (Lipinski definition) is 3. The van der Waals surface area contributed by atoms with Crippen LogP contribution in [0.2, 0.25) is 10.0 Å². The number of nitrogens with zero attached hydrogens (tertiary/aromatic N) is 4. The maximum absolute atomic E-state index is 9.69. The zero-order valence-electron chi connectivity index (χ0n) is 19.2. The van der Waals surface area contributed by atoms with Gasteiger partial charge >= 0.3 is 0 Å². The number of fused-ring (bicyclic) bond motifs is 1. The third-order valence-electron chi connectivity index (χ3n) is 6.12. The minimum Gasteiger partial charge on any atom is -0.486 e. The minimum atomic E-state index is -0.353. The first-order chi connectivity index (χ1) is 17.0. The predicted octanol–water partition coefficient (Wildman–Crippen LogP) is 4.37. The van der Waals surface area contributed by atoms with Gasteiger partial charge in [-0.05, 0) is 43.7 Å². The van der Waals surface area contributed by atoms with Gasteiger partial charge in [-0.1, -0.05) is 35.4 Å². The number of ether oxygens (including phenoxy) is 1. The summed E-state index contributed by atoms with van der Waals surface area (Å²) in [6.07, 6.45) is 11.5. The number of hydrazone groups is 1. The monoisotopic (exact) mass is 512 g/mol. The van der Waals surface area contributed by atoms with Crippen molar-refractivity contribution in [3.8, 4) is 5.75 Å². The van der Waals surface area contributed by atoms with Crippen LogP contribution < -0.4 is 10.2 Å². The van der Waals surface area contributed by atoms with Gasteiger partial charge in [0.05, 0.1) is 39.1 Å². The van der Waals surface area contributed by atoms with Crippen LogP contribution in [-0.4, -0.2) is 62.7 Å². The number of nitrogens with one attached hydrogen (secondary N) is 2. The molecule has 8 nitrogen and oxygen atoms in total. The third kappa shape index (κ3) is 5.51. The number of aliphatic hydroxyl groups excluding tert-OH is 1. The van der Waals surface area contributed by atoms with E-state index in [0.29, 0.717) is 27.9 Å². The second-order valence-corrected chi connectivity index (χ2v) is 9.56. The van der Waals surface area contributed by atoms with Crippen LogP contribution in [0, 0.1) is 0 Å². The highest BCUT2D eigenvalue weighted by atomic mass is 35.5. The lowest BCUT2D eigenvalue weighted by Crippen LogP contribution is -2.32. The molecule has 1 aromatic carbocycles. The smallest absolute Gasteiger partial charge is 0.124 e. The predicted molar refractivity (Wildman–Crippen MR) is 139 cm³/mol. The SMILES string of the molecule is CC(Oc1ccc2n[nH]c(/C=C/C3C=CC(CN4CCC(O)C4)=NN3)c2c1)c1c(Cl)cncc1Cl. The Balaban J connectivity index is 1.25. The van der Waals surface area contributed by atoms with Gasteiger partial charge in [0.2, 0.25) is 0 Å². The van der Waals surface area contributed by atoms with Crippen molar-refractivity contribution in [2.45, 2.75) is 31.6 Å².